The van der Waals surface area contributed by atoms with Crippen LogP contribution in [0.2, 0.25) is 0 Å². The van der Waals surface area contributed by atoms with E-state index in [2.05, 4.69) is 52.7 Å². The van der Waals surface area contributed by atoms with Crippen molar-refractivity contribution >= 4 is 27.4 Å². The topological polar surface area (TPSA) is 63.8 Å². The maximum atomic E-state index is 5.57. The summed E-state index contributed by atoms with van der Waals surface area (Å²) in [5, 5.41) is 6.66. The lowest BCUT2D eigenvalue weighted by atomic mass is 10.0. The lowest BCUT2D eigenvalue weighted by Crippen LogP contribution is -2.09. The zero-order valence-corrected chi connectivity index (χ0v) is 13.7. The quantitative estimate of drug-likeness (QED) is 0.705. The lowest BCUT2D eigenvalue weighted by Gasteiger charge is -2.09. The highest BCUT2D eigenvalue weighted by Gasteiger charge is 2.13. The molecule has 0 aliphatic rings. The van der Waals surface area contributed by atoms with Gasteiger partial charge in [-0.3, -0.25) is 0 Å². The van der Waals surface area contributed by atoms with Crippen LogP contribution in [-0.2, 0) is 0 Å². The number of rotatable bonds is 5. The molecule has 22 heavy (non-hydrogen) atoms. The molecule has 0 saturated heterocycles. The molecule has 0 saturated carbocycles. The molecule has 3 rings (SSSR count). The molecule has 0 amide bonds. The third-order valence-corrected chi connectivity index (χ3v) is 4.75. The number of nitrogens with one attached hydrogen (secondary N) is 1. The van der Waals surface area contributed by atoms with Gasteiger partial charge in [-0.2, -0.15) is 0 Å². The summed E-state index contributed by atoms with van der Waals surface area (Å²) in [5.41, 5.74) is 10.6. The number of fused-ring (bicyclic) bond motifs is 1. The predicted molar refractivity (Wildman–Crippen MR) is 94.5 cm³/mol. The highest BCUT2D eigenvalue weighted by molar-refractivity contribution is 7.17. The van der Waals surface area contributed by atoms with Crippen LogP contribution in [0.5, 0.6) is 0 Å². The Morgan fingerprint density at radius 1 is 1.18 bits per heavy atom. The molecule has 3 aromatic rings. The van der Waals surface area contributed by atoms with Crippen molar-refractivity contribution in [2.75, 3.05) is 18.4 Å². The fraction of sp³-hybridized carbons (Fsp3) is 0.294. The molecule has 4 nitrogen and oxygen atoms in total. The van der Waals surface area contributed by atoms with Gasteiger partial charge in [-0.05, 0) is 43.5 Å². The number of aromatic nitrogens is 2. The van der Waals surface area contributed by atoms with Crippen LogP contribution in [0.4, 0.5) is 5.82 Å². The van der Waals surface area contributed by atoms with E-state index >= 15 is 0 Å². The minimum Gasteiger partial charge on any atom is -0.369 e. The van der Waals surface area contributed by atoms with Crippen LogP contribution in [0.1, 0.15) is 17.5 Å². The van der Waals surface area contributed by atoms with E-state index in [0.717, 1.165) is 29.0 Å². The van der Waals surface area contributed by atoms with Crippen LogP contribution in [0, 0.1) is 13.8 Å². The Morgan fingerprint density at radius 3 is 2.82 bits per heavy atom. The van der Waals surface area contributed by atoms with Gasteiger partial charge in [0, 0.05) is 17.5 Å². The standard InChI is InChI=1S/C17H20N4S/c1-11-4-5-13(8-12(11)2)14-9-22-17-15(14)16(20-10-21-17)19-7-3-6-18/h4-5,8-10H,3,6-7,18H2,1-2H3,(H,19,20,21). The average molecular weight is 312 g/mol. The molecule has 3 N–H and O–H groups in total. The first-order chi connectivity index (χ1) is 10.7. The van der Waals surface area contributed by atoms with Crippen LogP contribution in [-0.4, -0.2) is 23.1 Å². The van der Waals surface area contributed by atoms with E-state index in [1.807, 2.05) is 0 Å². The van der Waals surface area contributed by atoms with Crippen molar-refractivity contribution in [3.63, 3.8) is 0 Å². The van der Waals surface area contributed by atoms with Gasteiger partial charge in [0.05, 0.1) is 5.39 Å². The van der Waals surface area contributed by atoms with E-state index in [1.165, 1.54) is 22.3 Å². The summed E-state index contributed by atoms with van der Waals surface area (Å²) < 4.78 is 0. The Balaban J connectivity index is 2.07. The van der Waals surface area contributed by atoms with Crippen molar-refractivity contribution < 1.29 is 0 Å². The third kappa shape index (κ3) is 2.82. The van der Waals surface area contributed by atoms with Crippen LogP contribution < -0.4 is 11.1 Å². The SMILES string of the molecule is Cc1ccc(-c2csc3ncnc(NCCCN)c23)cc1C. The molecule has 1 aromatic carbocycles. The van der Waals surface area contributed by atoms with Crippen LogP contribution in [0.15, 0.2) is 29.9 Å². The molecule has 114 valence electrons. The Morgan fingerprint density at radius 2 is 2.05 bits per heavy atom. The minimum atomic E-state index is 0.675. The number of thiophene rings is 1. The summed E-state index contributed by atoms with van der Waals surface area (Å²) in [7, 11) is 0. The largest absolute Gasteiger partial charge is 0.369 e. The molecule has 5 heteroatoms. The van der Waals surface area contributed by atoms with E-state index in [0.29, 0.717) is 6.54 Å². The normalized spacial score (nSPS) is 11.0. The summed E-state index contributed by atoms with van der Waals surface area (Å²) in [6, 6.07) is 6.56. The zero-order valence-electron chi connectivity index (χ0n) is 12.9. The molecular formula is C17H20N4S. The van der Waals surface area contributed by atoms with E-state index in [-0.39, 0.29) is 0 Å². The van der Waals surface area contributed by atoms with Gasteiger partial charge in [0.1, 0.15) is 17.0 Å². The maximum Gasteiger partial charge on any atom is 0.138 e. The predicted octanol–water partition coefficient (Wildman–Crippen LogP) is 3.74. The number of nitrogens with zero attached hydrogens (tertiary/aromatic N) is 2. The van der Waals surface area contributed by atoms with Crippen molar-refractivity contribution in [2.45, 2.75) is 20.3 Å². The molecule has 0 fully saturated rings. The first-order valence-corrected chi connectivity index (χ1v) is 8.32. The smallest absolute Gasteiger partial charge is 0.138 e. The molecule has 0 aliphatic carbocycles. The highest BCUT2D eigenvalue weighted by Crippen LogP contribution is 2.36. The van der Waals surface area contributed by atoms with Gasteiger partial charge >= 0.3 is 0 Å². The molecule has 0 bridgehead atoms. The van der Waals surface area contributed by atoms with Crippen LogP contribution in [0.25, 0.3) is 21.3 Å². The number of aryl methyl sites for hydroxylation is 2. The molecule has 0 radical (unpaired) electrons. The molecule has 0 aliphatic heterocycles. The van der Waals surface area contributed by atoms with Crippen molar-refractivity contribution in [3.8, 4) is 11.1 Å². The molecule has 0 spiro atoms. The number of benzene rings is 1. The van der Waals surface area contributed by atoms with Gasteiger partial charge in [0.25, 0.3) is 0 Å². The van der Waals surface area contributed by atoms with Gasteiger partial charge in [-0.25, -0.2) is 9.97 Å². The second-order valence-electron chi connectivity index (χ2n) is 5.42. The summed E-state index contributed by atoms with van der Waals surface area (Å²) >= 11 is 1.66. The zero-order chi connectivity index (χ0) is 15.5. The first kappa shape index (κ1) is 14.9. The van der Waals surface area contributed by atoms with Gasteiger partial charge in [-0.15, -0.1) is 11.3 Å². The lowest BCUT2D eigenvalue weighted by molar-refractivity contribution is 0.871. The molecule has 0 unspecified atom stereocenters. The average Bonchev–Trinajstić information content (AvgIpc) is 2.95. The fourth-order valence-corrected chi connectivity index (χ4v) is 3.36. The monoisotopic (exact) mass is 312 g/mol. The summed E-state index contributed by atoms with van der Waals surface area (Å²) in [4.78, 5) is 9.83. The second kappa shape index (κ2) is 6.42. The first-order valence-electron chi connectivity index (χ1n) is 7.44. The van der Waals surface area contributed by atoms with E-state index in [1.54, 1.807) is 17.7 Å². The molecule has 2 aromatic heterocycles. The Kier molecular flexibility index (Phi) is 4.36. The van der Waals surface area contributed by atoms with Crippen molar-refractivity contribution in [3.05, 3.63) is 41.0 Å². The second-order valence-corrected chi connectivity index (χ2v) is 6.28. The highest BCUT2D eigenvalue weighted by atomic mass is 32.1. The Bertz CT molecular complexity index is 794. The van der Waals surface area contributed by atoms with Crippen molar-refractivity contribution in [2.24, 2.45) is 5.73 Å². The molecule has 0 atom stereocenters. The van der Waals surface area contributed by atoms with E-state index < -0.39 is 0 Å². The third-order valence-electron chi connectivity index (χ3n) is 3.86. The maximum absolute atomic E-state index is 5.57. The van der Waals surface area contributed by atoms with Crippen molar-refractivity contribution in [1.82, 2.24) is 9.97 Å². The van der Waals surface area contributed by atoms with Crippen LogP contribution >= 0.6 is 11.3 Å². The Hall–Kier alpha value is -1.98. The fourth-order valence-electron chi connectivity index (χ4n) is 2.44. The van der Waals surface area contributed by atoms with Crippen molar-refractivity contribution in [1.29, 1.82) is 0 Å². The minimum absolute atomic E-state index is 0.675. The van der Waals surface area contributed by atoms with Crippen LogP contribution in [0.3, 0.4) is 0 Å². The number of nitrogens with two attached hydrogens (primary N) is 1. The summed E-state index contributed by atoms with van der Waals surface area (Å²) in [5.74, 6) is 0.896. The van der Waals surface area contributed by atoms with Gasteiger partial charge < -0.3 is 11.1 Å². The number of anilines is 1. The van der Waals surface area contributed by atoms with Gasteiger partial charge in [-0.1, -0.05) is 18.2 Å². The summed E-state index contributed by atoms with van der Waals surface area (Å²) in [6.45, 7) is 5.78. The van der Waals surface area contributed by atoms with Gasteiger partial charge in [0.2, 0.25) is 0 Å². The molecular weight excluding hydrogens is 292 g/mol. The number of hydrogen-bond acceptors (Lipinski definition) is 5. The summed E-state index contributed by atoms with van der Waals surface area (Å²) in [6.07, 6.45) is 2.54. The van der Waals surface area contributed by atoms with E-state index in [9.17, 15) is 0 Å². The molecule has 2 heterocycles. The Labute approximate surface area is 134 Å². The van der Waals surface area contributed by atoms with E-state index in [4.69, 9.17) is 5.73 Å². The van der Waals surface area contributed by atoms with Gasteiger partial charge in [0.15, 0.2) is 0 Å². The number of hydrogen-bond donors (Lipinski definition) is 2.